The van der Waals surface area contributed by atoms with Crippen LogP contribution in [0.15, 0.2) is 47.4 Å². The molecule has 0 aliphatic carbocycles. The van der Waals surface area contributed by atoms with Gasteiger partial charge >= 0.3 is 0 Å². The quantitative estimate of drug-likeness (QED) is 0.554. The Hall–Kier alpha value is -2.02. The molecule has 4 rings (SSSR count). The molecule has 2 aliphatic heterocycles. The fraction of sp³-hybridized carbons (Fsp3) is 0.158. The van der Waals surface area contributed by atoms with Gasteiger partial charge in [0.15, 0.2) is 11.5 Å². The van der Waals surface area contributed by atoms with Crippen molar-refractivity contribution in [1.29, 1.82) is 0 Å². The van der Waals surface area contributed by atoms with Gasteiger partial charge in [-0.3, -0.25) is 9.69 Å². The molecule has 26 heavy (non-hydrogen) atoms. The number of ether oxygens (including phenoxy) is 2. The Bertz CT molecular complexity index is 915. The molecule has 0 bridgehead atoms. The van der Waals surface area contributed by atoms with Crippen LogP contribution in [0.2, 0.25) is 5.02 Å². The van der Waals surface area contributed by atoms with Crippen LogP contribution in [0.3, 0.4) is 0 Å². The van der Waals surface area contributed by atoms with Crippen molar-refractivity contribution < 1.29 is 14.3 Å². The maximum Gasteiger partial charge on any atom is 0.266 e. The predicted octanol–water partition coefficient (Wildman–Crippen LogP) is 4.51. The van der Waals surface area contributed by atoms with Gasteiger partial charge in [-0.1, -0.05) is 65.9 Å². The highest BCUT2D eigenvalue weighted by atomic mass is 35.5. The van der Waals surface area contributed by atoms with E-state index in [9.17, 15) is 4.79 Å². The Labute approximate surface area is 165 Å². The van der Waals surface area contributed by atoms with Crippen molar-refractivity contribution >= 4 is 51.9 Å². The van der Waals surface area contributed by atoms with Crippen LogP contribution >= 0.6 is 35.6 Å². The number of amides is 1. The average Bonchev–Trinajstić information content (AvgIpc) is 3.19. The minimum absolute atomic E-state index is 0.0929. The summed E-state index contributed by atoms with van der Waals surface area (Å²) < 4.78 is 11.2. The summed E-state index contributed by atoms with van der Waals surface area (Å²) in [6.45, 7) is 0.734. The second-order valence-corrected chi connectivity index (χ2v) is 7.88. The Morgan fingerprint density at radius 1 is 1.19 bits per heavy atom. The standard InChI is InChI=1S/C19H14ClNO3S2/c20-14-10-16-15(23-11-24-16)8-13(14)9-17-18(22)21(19(25)26-17)7-6-12-4-2-1-3-5-12/h1-5,8-10H,6-7,11H2. The molecule has 0 aromatic heterocycles. The van der Waals surface area contributed by atoms with Gasteiger partial charge in [-0.15, -0.1) is 0 Å². The summed E-state index contributed by atoms with van der Waals surface area (Å²) in [5, 5.41) is 0.504. The number of thioether (sulfide) groups is 1. The van der Waals surface area contributed by atoms with Crippen molar-refractivity contribution in [3.05, 3.63) is 63.5 Å². The van der Waals surface area contributed by atoms with E-state index in [2.05, 4.69) is 0 Å². The first kappa shape index (κ1) is 17.4. The zero-order chi connectivity index (χ0) is 18.1. The molecular formula is C19H14ClNO3S2. The van der Waals surface area contributed by atoms with Gasteiger partial charge in [-0.2, -0.15) is 0 Å². The Balaban J connectivity index is 1.52. The molecule has 7 heteroatoms. The van der Waals surface area contributed by atoms with E-state index in [1.54, 1.807) is 23.1 Å². The van der Waals surface area contributed by atoms with E-state index in [0.717, 1.165) is 6.42 Å². The highest BCUT2D eigenvalue weighted by molar-refractivity contribution is 8.26. The molecule has 4 nitrogen and oxygen atoms in total. The van der Waals surface area contributed by atoms with Crippen LogP contribution in [0.5, 0.6) is 11.5 Å². The summed E-state index contributed by atoms with van der Waals surface area (Å²) in [6.07, 6.45) is 2.51. The Morgan fingerprint density at radius 2 is 1.92 bits per heavy atom. The minimum atomic E-state index is -0.0929. The van der Waals surface area contributed by atoms with E-state index in [1.807, 2.05) is 30.3 Å². The third-order valence-electron chi connectivity index (χ3n) is 4.12. The molecule has 1 fully saturated rings. The van der Waals surface area contributed by atoms with Gasteiger partial charge < -0.3 is 9.47 Å². The lowest BCUT2D eigenvalue weighted by atomic mass is 10.1. The zero-order valence-electron chi connectivity index (χ0n) is 13.6. The van der Waals surface area contributed by atoms with Gasteiger partial charge in [0.2, 0.25) is 6.79 Å². The van der Waals surface area contributed by atoms with Crippen molar-refractivity contribution in [3.63, 3.8) is 0 Å². The summed E-state index contributed by atoms with van der Waals surface area (Å²) >= 11 is 13.0. The van der Waals surface area contributed by atoms with Gasteiger partial charge in [-0.05, 0) is 29.7 Å². The third kappa shape index (κ3) is 3.45. The lowest BCUT2D eigenvalue weighted by Crippen LogP contribution is -2.30. The summed E-state index contributed by atoms with van der Waals surface area (Å²) in [5.41, 5.74) is 1.88. The molecular weight excluding hydrogens is 390 g/mol. The van der Waals surface area contributed by atoms with Crippen LogP contribution in [0.25, 0.3) is 6.08 Å². The third-order valence-corrected chi connectivity index (χ3v) is 5.82. The highest BCUT2D eigenvalue weighted by Gasteiger charge is 2.32. The molecule has 1 saturated heterocycles. The van der Waals surface area contributed by atoms with Crippen LogP contribution in [-0.4, -0.2) is 28.5 Å². The molecule has 0 N–H and O–H groups in total. The molecule has 1 amide bonds. The first-order chi connectivity index (χ1) is 12.6. The molecule has 132 valence electrons. The van der Waals surface area contributed by atoms with Crippen molar-refractivity contribution in [3.8, 4) is 11.5 Å². The van der Waals surface area contributed by atoms with Gasteiger partial charge in [0.1, 0.15) is 4.32 Å². The van der Waals surface area contributed by atoms with E-state index < -0.39 is 0 Å². The van der Waals surface area contributed by atoms with Crippen LogP contribution in [0.4, 0.5) is 0 Å². The minimum Gasteiger partial charge on any atom is -0.454 e. The lowest BCUT2D eigenvalue weighted by Gasteiger charge is -2.14. The van der Waals surface area contributed by atoms with Gasteiger partial charge in [0.25, 0.3) is 5.91 Å². The first-order valence-electron chi connectivity index (χ1n) is 8.00. The molecule has 2 aromatic carbocycles. The largest absolute Gasteiger partial charge is 0.454 e. The number of nitrogens with zero attached hydrogens (tertiary/aromatic N) is 1. The van der Waals surface area contributed by atoms with Crippen LogP contribution < -0.4 is 9.47 Å². The highest BCUT2D eigenvalue weighted by Crippen LogP contribution is 2.39. The smallest absolute Gasteiger partial charge is 0.266 e. The molecule has 2 aromatic rings. The molecule has 2 aliphatic rings. The molecule has 0 atom stereocenters. The SMILES string of the molecule is O=C1C(=Cc2cc3c(cc2Cl)OCO3)SC(=S)N1CCc1ccccc1. The normalized spacial score (nSPS) is 17.4. The molecule has 0 radical (unpaired) electrons. The number of hydrogen-bond donors (Lipinski definition) is 0. The number of fused-ring (bicyclic) bond motifs is 1. The topological polar surface area (TPSA) is 38.8 Å². The fourth-order valence-corrected chi connectivity index (χ4v) is 4.27. The van der Waals surface area contributed by atoms with E-state index >= 15 is 0 Å². The second kappa shape index (κ2) is 7.31. The second-order valence-electron chi connectivity index (χ2n) is 5.80. The number of thiocarbonyl (C=S) groups is 1. The maximum atomic E-state index is 12.7. The fourth-order valence-electron chi connectivity index (χ4n) is 2.76. The molecule has 0 saturated carbocycles. The Morgan fingerprint density at radius 3 is 2.69 bits per heavy atom. The van der Waals surface area contributed by atoms with E-state index in [4.69, 9.17) is 33.3 Å². The van der Waals surface area contributed by atoms with Crippen LogP contribution in [0.1, 0.15) is 11.1 Å². The molecule has 0 unspecified atom stereocenters. The lowest BCUT2D eigenvalue weighted by molar-refractivity contribution is -0.122. The number of benzene rings is 2. The van der Waals surface area contributed by atoms with Crippen LogP contribution in [0, 0.1) is 0 Å². The zero-order valence-corrected chi connectivity index (χ0v) is 16.0. The number of hydrogen-bond acceptors (Lipinski definition) is 5. The van der Waals surface area contributed by atoms with Crippen molar-refractivity contribution in [2.24, 2.45) is 0 Å². The number of rotatable bonds is 4. The average molecular weight is 404 g/mol. The number of carbonyl (C=O) groups excluding carboxylic acids is 1. The van der Waals surface area contributed by atoms with Crippen molar-refractivity contribution in [1.82, 2.24) is 4.90 Å². The van der Waals surface area contributed by atoms with Gasteiger partial charge in [-0.25, -0.2) is 0 Å². The monoisotopic (exact) mass is 403 g/mol. The van der Waals surface area contributed by atoms with E-state index in [1.165, 1.54) is 17.3 Å². The van der Waals surface area contributed by atoms with Crippen LogP contribution in [-0.2, 0) is 11.2 Å². The molecule has 2 heterocycles. The van der Waals surface area contributed by atoms with Gasteiger partial charge in [0, 0.05) is 12.6 Å². The molecule has 0 spiro atoms. The van der Waals surface area contributed by atoms with Crippen molar-refractivity contribution in [2.45, 2.75) is 6.42 Å². The summed E-state index contributed by atoms with van der Waals surface area (Å²) in [6, 6.07) is 13.5. The summed E-state index contributed by atoms with van der Waals surface area (Å²) in [4.78, 5) is 14.9. The number of carbonyl (C=O) groups is 1. The maximum absolute atomic E-state index is 12.7. The van der Waals surface area contributed by atoms with Crippen molar-refractivity contribution in [2.75, 3.05) is 13.3 Å². The first-order valence-corrected chi connectivity index (χ1v) is 9.60. The van der Waals surface area contributed by atoms with Gasteiger partial charge in [0.05, 0.1) is 9.93 Å². The summed E-state index contributed by atoms with van der Waals surface area (Å²) in [7, 11) is 0. The Kier molecular flexibility index (Phi) is 4.89. The van der Waals surface area contributed by atoms with E-state index in [0.29, 0.717) is 37.9 Å². The number of halogens is 1. The van der Waals surface area contributed by atoms with E-state index in [-0.39, 0.29) is 12.7 Å². The summed E-state index contributed by atoms with van der Waals surface area (Å²) in [5.74, 6) is 1.15. The predicted molar refractivity (Wildman–Crippen MR) is 108 cm³/mol.